The van der Waals surface area contributed by atoms with Gasteiger partial charge in [-0.25, -0.2) is 0 Å². The molecular formula is C21H44O. The van der Waals surface area contributed by atoms with Gasteiger partial charge in [-0.3, -0.25) is 0 Å². The van der Waals surface area contributed by atoms with Gasteiger partial charge in [0.05, 0.1) is 0 Å². The van der Waals surface area contributed by atoms with Crippen molar-refractivity contribution in [2.45, 2.75) is 98.8 Å². The van der Waals surface area contributed by atoms with Crippen LogP contribution in [0.5, 0.6) is 0 Å². The fourth-order valence-electron chi connectivity index (χ4n) is 3.26. The highest BCUT2D eigenvalue weighted by atomic mass is 16.5. The molecule has 0 aliphatic heterocycles. The van der Waals surface area contributed by atoms with Gasteiger partial charge >= 0.3 is 0 Å². The van der Waals surface area contributed by atoms with E-state index in [1.807, 2.05) is 0 Å². The molecule has 0 aromatic heterocycles. The first-order chi connectivity index (χ1) is 10.5. The first-order valence-electron chi connectivity index (χ1n) is 9.94. The number of ether oxygens (including phenoxy) is 1. The van der Waals surface area contributed by atoms with Crippen molar-refractivity contribution in [2.24, 2.45) is 23.7 Å². The van der Waals surface area contributed by atoms with Gasteiger partial charge in [0.2, 0.25) is 0 Å². The maximum Gasteiger partial charge on any atom is 0.0464 e. The van der Waals surface area contributed by atoms with Crippen molar-refractivity contribution in [3.8, 4) is 0 Å². The standard InChI is InChI=1S/C21H44O/c1-18(2)10-7-11-19(3)12-8-13-20(4)14-9-15-21(5)16-17-22-6/h18-21H,7-17H2,1-6H3/t19-,20-,21?/m1/s1. The van der Waals surface area contributed by atoms with E-state index in [0.717, 1.165) is 30.3 Å². The number of hydrogen-bond donors (Lipinski definition) is 0. The molecule has 1 unspecified atom stereocenters. The summed E-state index contributed by atoms with van der Waals surface area (Å²) >= 11 is 0. The third-order valence-electron chi connectivity index (χ3n) is 5.08. The summed E-state index contributed by atoms with van der Waals surface area (Å²) in [6.45, 7) is 12.9. The minimum atomic E-state index is 0.827. The van der Waals surface area contributed by atoms with Gasteiger partial charge in [-0.15, -0.1) is 0 Å². The molecule has 0 rings (SSSR count). The predicted molar refractivity (Wildman–Crippen MR) is 100 cm³/mol. The lowest BCUT2D eigenvalue weighted by molar-refractivity contribution is 0.177. The number of rotatable bonds is 15. The lowest BCUT2D eigenvalue weighted by Gasteiger charge is -2.16. The molecule has 0 heterocycles. The molecule has 0 aromatic carbocycles. The lowest BCUT2D eigenvalue weighted by atomic mass is 9.91. The van der Waals surface area contributed by atoms with Gasteiger partial charge in [0.15, 0.2) is 0 Å². The molecule has 0 radical (unpaired) electrons. The molecule has 0 aromatic rings. The zero-order valence-electron chi connectivity index (χ0n) is 16.5. The topological polar surface area (TPSA) is 9.23 Å². The summed E-state index contributed by atoms with van der Waals surface area (Å²) in [6.07, 6.45) is 14.0. The molecule has 22 heavy (non-hydrogen) atoms. The largest absolute Gasteiger partial charge is 0.385 e. The Labute approximate surface area is 141 Å². The van der Waals surface area contributed by atoms with Gasteiger partial charge in [0.25, 0.3) is 0 Å². The van der Waals surface area contributed by atoms with Crippen molar-refractivity contribution in [1.82, 2.24) is 0 Å². The molecule has 134 valence electrons. The average Bonchev–Trinajstić information content (AvgIpc) is 2.44. The Bertz CT molecular complexity index is 224. The first-order valence-corrected chi connectivity index (χ1v) is 9.94. The molecule has 0 saturated heterocycles. The fraction of sp³-hybridized carbons (Fsp3) is 1.00. The highest BCUT2D eigenvalue weighted by molar-refractivity contribution is 4.61. The van der Waals surface area contributed by atoms with Crippen LogP contribution in [0.25, 0.3) is 0 Å². The molecule has 0 fully saturated rings. The molecule has 0 bridgehead atoms. The van der Waals surface area contributed by atoms with Gasteiger partial charge in [-0.2, -0.15) is 0 Å². The summed E-state index contributed by atoms with van der Waals surface area (Å²) in [5, 5.41) is 0. The Morgan fingerprint density at radius 3 is 1.27 bits per heavy atom. The summed E-state index contributed by atoms with van der Waals surface area (Å²) in [7, 11) is 1.80. The third kappa shape index (κ3) is 14.9. The van der Waals surface area contributed by atoms with Crippen LogP contribution in [-0.4, -0.2) is 13.7 Å². The van der Waals surface area contributed by atoms with Crippen molar-refractivity contribution in [1.29, 1.82) is 0 Å². The van der Waals surface area contributed by atoms with Crippen molar-refractivity contribution in [2.75, 3.05) is 13.7 Å². The second-order valence-corrected chi connectivity index (χ2v) is 8.28. The quantitative estimate of drug-likeness (QED) is 0.313. The van der Waals surface area contributed by atoms with Gasteiger partial charge in [-0.1, -0.05) is 92.4 Å². The van der Waals surface area contributed by atoms with Crippen LogP contribution in [0, 0.1) is 23.7 Å². The van der Waals surface area contributed by atoms with Crippen LogP contribution in [0.2, 0.25) is 0 Å². The minimum Gasteiger partial charge on any atom is -0.385 e. The molecule has 0 spiro atoms. The summed E-state index contributed by atoms with van der Waals surface area (Å²) < 4.78 is 5.16. The molecule has 1 heteroatoms. The van der Waals surface area contributed by atoms with Gasteiger partial charge in [0, 0.05) is 13.7 Å². The van der Waals surface area contributed by atoms with Crippen LogP contribution in [-0.2, 0) is 4.74 Å². The second kappa shape index (κ2) is 14.5. The molecule has 0 aliphatic rings. The maximum absolute atomic E-state index is 5.16. The molecule has 1 nitrogen and oxygen atoms in total. The summed E-state index contributed by atoms with van der Waals surface area (Å²) in [6, 6.07) is 0. The van der Waals surface area contributed by atoms with Crippen LogP contribution in [0.1, 0.15) is 98.8 Å². The molecule has 3 atom stereocenters. The zero-order valence-corrected chi connectivity index (χ0v) is 16.5. The van der Waals surface area contributed by atoms with Crippen LogP contribution in [0.3, 0.4) is 0 Å². The van der Waals surface area contributed by atoms with Crippen LogP contribution < -0.4 is 0 Å². The van der Waals surface area contributed by atoms with E-state index in [2.05, 4.69) is 34.6 Å². The Balaban J connectivity index is 3.46. The van der Waals surface area contributed by atoms with E-state index in [9.17, 15) is 0 Å². The van der Waals surface area contributed by atoms with E-state index < -0.39 is 0 Å². The Morgan fingerprint density at radius 1 is 0.545 bits per heavy atom. The van der Waals surface area contributed by atoms with E-state index in [0.29, 0.717) is 0 Å². The monoisotopic (exact) mass is 312 g/mol. The number of hydrogen-bond acceptors (Lipinski definition) is 1. The fourth-order valence-corrected chi connectivity index (χ4v) is 3.26. The SMILES string of the molecule is COCCC(C)CCC[C@H](C)CCC[C@H](C)CCCC(C)C. The first kappa shape index (κ1) is 22.0. The van der Waals surface area contributed by atoms with Crippen LogP contribution in [0.4, 0.5) is 0 Å². The smallest absolute Gasteiger partial charge is 0.0464 e. The Kier molecular flexibility index (Phi) is 14.5. The van der Waals surface area contributed by atoms with E-state index in [1.54, 1.807) is 7.11 Å². The molecule has 0 amide bonds. The summed E-state index contributed by atoms with van der Waals surface area (Å²) in [4.78, 5) is 0. The Morgan fingerprint density at radius 2 is 0.909 bits per heavy atom. The maximum atomic E-state index is 5.16. The molecule has 0 N–H and O–H groups in total. The van der Waals surface area contributed by atoms with E-state index in [1.165, 1.54) is 64.2 Å². The number of methoxy groups -OCH3 is 1. The predicted octanol–water partition coefficient (Wildman–Crippen LogP) is 7.10. The van der Waals surface area contributed by atoms with Crippen LogP contribution in [0.15, 0.2) is 0 Å². The van der Waals surface area contributed by atoms with Gasteiger partial charge in [0.1, 0.15) is 0 Å². The summed E-state index contributed by atoms with van der Waals surface area (Å²) in [5.74, 6) is 3.55. The van der Waals surface area contributed by atoms with E-state index >= 15 is 0 Å². The minimum absolute atomic E-state index is 0.827. The van der Waals surface area contributed by atoms with Crippen molar-refractivity contribution in [3.63, 3.8) is 0 Å². The van der Waals surface area contributed by atoms with E-state index in [-0.39, 0.29) is 0 Å². The zero-order chi connectivity index (χ0) is 16.8. The highest BCUT2D eigenvalue weighted by Gasteiger charge is 2.08. The van der Waals surface area contributed by atoms with Crippen molar-refractivity contribution < 1.29 is 4.74 Å². The van der Waals surface area contributed by atoms with Crippen molar-refractivity contribution in [3.05, 3.63) is 0 Å². The van der Waals surface area contributed by atoms with Gasteiger partial charge < -0.3 is 4.74 Å². The summed E-state index contributed by atoms with van der Waals surface area (Å²) in [5.41, 5.74) is 0. The lowest BCUT2D eigenvalue weighted by Crippen LogP contribution is -2.03. The second-order valence-electron chi connectivity index (χ2n) is 8.28. The van der Waals surface area contributed by atoms with Gasteiger partial charge in [-0.05, 0) is 30.1 Å². The average molecular weight is 313 g/mol. The Hall–Kier alpha value is -0.0400. The van der Waals surface area contributed by atoms with Crippen LogP contribution >= 0.6 is 0 Å². The molecule has 0 saturated carbocycles. The third-order valence-corrected chi connectivity index (χ3v) is 5.08. The van der Waals surface area contributed by atoms with E-state index in [4.69, 9.17) is 4.74 Å². The van der Waals surface area contributed by atoms with Crippen molar-refractivity contribution >= 4 is 0 Å². The molecule has 0 aliphatic carbocycles. The molecular weight excluding hydrogens is 268 g/mol. The highest BCUT2D eigenvalue weighted by Crippen LogP contribution is 2.22. The normalized spacial score (nSPS) is 16.0.